The van der Waals surface area contributed by atoms with E-state index in [4.69, 9.17) is 0 Å². The zero-order valence-electron chi connectivity index (χ0n) is 17.8. The molecule has 0 aliphatic carbocycles. The minimum atomic E-state index is -0.514. The van der Waals surface area contributed by atoms with Gasteiger partial charge in [-0.25, -0.2) is 4.39 Å². The van der Waals surface area contributed by atoms with Crippen molar-refractivity contribution in [2.75, 3.05) is 23.7 Å². The van der Waals surface area contributed by atoms with E-state index in [0.717, 1.165) is 25.9 Å². The lowest BCUT2D eigenvalue weighted by Crippen LogP contribution is -2.47. The van der Waals surface area contributed by atoms with Crippen LogP contribution in [0.2, 0.25) is 0 Å². The number of halogens is 1. The lowest BCUT2D eigenvalue weighted by Gasteiger charge is -2.26. The smallest absolute Gasteiger partial charge is 0.255 e. The first-order chi connectivity index (χ1) is 15.5. The molecule has 7 nitrogen and oxygen atoms in total. The van der Waals surface area contributed by atoms with Gasteiger partial charge in [0.15, 0.2) is 0 Å². The average Bonchev–Trinajstić information content (AvgIpc) is 2.78. The van der Waals surface area contributed by atoms with Crippen molar-refractivity contribution in [2.45, 2.75) is 44.7 Å². The van der Waals surface area contributed by atoms with Gasteiger partial charge in [0.05, 0.1) is 0 Å². The zero-order valence-corrected chi connectivity index (χ0v) is 17.8. The van der Waals surface area contributed by atoms with Crippen LogP contribution in [0.25, 0.3) is 0 Å². The van der Waals surface area contributed by atoms with Gasteiger partial charge in [-0.1, -0.05) is 18.6 Å². The van der Waals surface area contributed by atoms with E-state index in [0.29, 0.717) is 29.9 Å². The molecule has 2 heterocycles. The SMILES string of the molecule is O=C1CCC(Nc2cccc(NC(=O)c3ccc(CN4CCCCC4)c(F)c3)c2)C(=O)N1. The van der Waals surface area contributed by atoms with E-state index >= 15 is 0 Å². The molecule has 3 amide bonds. The third kappa shape index (κ3) is 5.50. The van der Waals surface area contributed by atoms with Crippen molar-refractivity contribution in [3.8, 4) is 0 Å². The summed E-state index contributed by atoms with van der Waals surface area (Å²) in [5.74, 6) is -1.43. The normalized spacial score (nSPS) is 19.3. The molecule has 0 spiro atoms. The van der Waals surface area contributed by atoms with Gasteiger partial charge in [-0.05, 0) is 62.7 Å². The maximum absolute atomic E-state index is 14.6. The number of amides is 3. The summed E-state index contributed by atoms with van der Waals surface area (Å²) in [6, 6.07) is 11.0. The van der Waals surface area contributed by atoms with Crippen LogP contribution in [0.5, 0.6) is 0 Å². The Bertz CT molecular complexity index is 1020. The number of nitrogens with one attached hydrogen (secondary N) is 3. The van der Waals surface area contributed by atoms with Gasteiger partial charge in [0.25, 0.3) is 5.91 Å². The Kier molecular flexibility index (Phi) is 6.80. The van der Waals surface area contributed by atoms with Crippen molar-refractivity contribution in [3.05, 3.63) is 59.4 Å². The van der Waals surface area contributed by atoms with Crippen LogP contribution in [-0.4, -0.2) is 41.8 Å². The third-order valence-corrected chi connectivity index (χ3v) is 5.86. The molecule has 1 unspecified atom stereocenters. The van der Waals surface area contributed by atoms with E-state index in [9.17, 15) is 18.8 Å². The molecule has 2 aromatic carbocycles. The van der Waals surface area contributed by atoms with Gasteiger partial charge in [0, 0.05) is 35.5 Å². The van der Waals surface area contributed by atoms with Crippen molar-refractivity contribution in [1.82, 2.24) is 10.2 Å². The van der Waals surface area contributed by atoms with Gasteiger partial charge in [-0.3, -0.25) is 24.6 Å². The largest absolute Gasteiger partial charge is 0.374 e. The second-order valence-corrected chi connectivity index (χ2v) is 8.33. The van der Waals surface area contributed by atoms with Gasteiger partial charge < -0.3 is 10.6 Å². The fraction of sp³-hybridized carbons (Fsp3) is 0.375. The van der Waals surface area contributed by atoms with Crippen molar-refractivity contribution in [1.29, 1.82) is 0 Å². The van der Waals surface area contributed by atoms with Gasteiger partial charge in [0.1, 0.15) is 11.9 Å². The molecule has 2 aliphatic heterocycles. The number of piperidine rings is 2. The second-order valence-electron chi connectivity index (χ2n) is 8.33. The van der Waals surface area contributed by atoms with Crippen LogP contribution in [0.1, 0.15) is 48.0 Å². The van der Waals surface area contributed by atoms with E-state index in [1.807, 2.05) is 0 Å². The molecule has 4 rings (SSSR count). The van der Waals surface area contributed by atoms with Crippen molar-refractivity contribution >= 4 is 29.1 Å². The summed E-state index contributed by atoms with van der Waals surface area (Å²) in [6.45, 7) is 2.51. The van der Waals surface area contributed by atoms with Gasteiger partial charge in [-0.2, -0.15) is 0 Å². The Morgan fingerprint density at radius 2 is 1.84 bits per heavy atom. The van der Waals surface area contributed by atoms with Crippen molar-refractivity contribution in [3.63, 3.8) is 0 Å². The molecule has 168 valence electrons. The topological polar surface area (TPSA) is 90.5 Å². The van der Waals surface area contributed by atoms with E-state index in [-0.39, 0.29) is 29.6 Å². The standard InChI is InChI=1S/C24H27FN4O3/c25-20-13-16(7-8-17(20)15-29-11-2-1-3-12-29)23(31)27-19-6-4-5-18(14-19)26-21-9-10-22(30)28-24(21)32/h4-8,13-14,21,26H,1-3,9-12,15H2,(H,27,31)(H,28,30,32). The minimum Gasteiger partial charge on any atom is -0.374 e. The summed E-state index contributed by atoms with van der Waals surface area (Å²) in [5, 5.41) is 8.16. The molecule has 0 radical (unpaired) electrons. The second kappa shape index (κ2) is 9.91. The minimum absolute atomic E-state index is 0.244. The summed E-state index contributed by atoms with van der Waals surface area (Å²) < 4.78 is 14.6. The first-order valence-electron chi connectivity index (χ1n) is 11.0. The molecule has 0 bridgehead atoms. The first-order valence-corrected chi connectivity index (χ1v) is 11.0. The summed E-state index contributed by atoms with van der Waals surface area (Å²) in [6.07, 6.45) is 4.19. The number of carbonyl (C=O) groups is 3. The molecule has 2 fully saturated rings. The van der Waals surface area contributed by atoms with Crippen LogP contribution >= 0.6 is 0 Å². The van der Waals surface area contributed by atoms with Crippen LogP contribution in [-0.2, 0) is 16.1 Å². The Morgan fingerprint density at radius 1 is 1.06 bits per heavy atom. The molecule has 2 aliphatic rings. The average molecular weight is 439 g/mol. The lowest BCUT2D eigenvalue weighted by atomic mass is 10.1. The zero-order chi connectivity index (χ0) is 22.5. The quantitative estimate of drug-likeness (QED) is 0.602. The Hall–Kier alpha value is -3.26. The number of hydrogen-bond acceptors (Lipinski definition) is 5. The van der Waals surface area contributed by atoms with Gasteiger partial charge in [-0.15, -0.1) is 0 Å². The fourth-order valence-corrected chi connectivity index (χ4v) is 4.10. The number of rotatable bonds is 6. The molecule has 2 aromatic rings. The Morgan fingerprint density at radius 3 is 2.59 bits per heavy atom. The van der Waals surface area contributed by atoms with Crippen LogP contribution < -0.4 is 16.0 Å². The Labute approximate surface area is 186 Å². The highest BCUT2D eigenvalue weighted by molar-refractivity contribution is 6.04. The molecular weight excluding hydrogens is 411 g/mol. The highest BCUT2D eigenvalue weighted by atomic mass is 19.1. The van der Waals surface area contributed by atoms with Gasteiger partial charge in [0.2, 0.25) is 11.8 Å². The lowest BCUT2D eigenvalue weighted by molar-refractivity contribution is -0.133. The van der Waals surface area contributed by atoms with Crippen LogP contribution in [0, 0.1) is 5.82 Å². The van der Waals surface area contributed by atoms with E-state index in [1.165, 1.54) is 12.5 Å². The summed E-state index contributed by atoms with van der Waals surface area (Å²) >= 11 is 0. The first kappa shape index (κ1) is 22.0. The predicted molar refractivity (Wildman–Crippen MR) is 120 cm³/mol. The van der Waals surface area contributed by atoms with E-state index < -0.39 is 11.9 Å². The Balaban J connectivity index is 1.38. The maximum Gasteiger partial charge on any atom is 0.255 e. The number of carbonyl (C=O) groups excluding carboxylic acids is 3. The maximum atomic E-state index is 14.6. The van der Waals surface area contributed by atoms with Gasteiger partial charge >= 0.3 is 0 Å². The molecule has 32 heavy (non-hydrogen) atoms. The molecule has 8 heteroatoms. The molecule has 2 saturated heterocycles. The molecule has 1 atom stereocenters. The molecule has 0 aromatic heterocycles. The molecule has 0 saturated carbocycles. The highest BCUT2D eigenvalue weighted by Gasteiger charge is 2.26. The summed E-state index contributed by atoms with van der Waals surface area (Å²) in [4.78, 5) is 38.1. The van der Waals surface area contributed by atoms with Crippen LogP contribution in [0.4, 0.5) is 15.8 Å². The molecular formula is C24H27FN4O3. The summed E-state index contributed by atoms with van der Waals surface area (Å²) in [5.41, 5.74) is 2.00. The number of anilines is 2. The fourth-order valence-electron chi connectivity index (χ4n) is 4.10. The van der Waals surface area contributed by atoms with Crippen LogP contribution in [0.3, 0.4) is 0 Å². The van der Waals surface area contributed by atoms with Crippen LogP contribution in [0.15, 0.2) is 42.5 Å². The third-order valence-electron chi connectivity index (χ3n) is 5.86. The van der Waals surface area contributed by atoms with Crippen molar-refractivity contribution in [2.24, 2.45) is 0 Å². The summed E-state index contributed by atoms with van der Waals surface area (Å²) in [7, 11) is 0. The predicted octanol–water partition coefficient (Wildman–Crippen LogP) is 3.28. The van der Waals surface area contributed by atoms with Crippen molar-refractivity contribution < 1.29 is 18.8 Å². The number of benzene rings is 2. The van der Waals surface area contributed by atoms with E-state index in [2.05, 4.69) is 20.9 Å². The van der Waals surface area contributed by atoms with E-state index in [1.54, 1.807) is 36.4 Å². The number of hydrogen-bond donors (Lipinski definition) is 3. The number of nitrogens with zero attached hydrogens (tertiary/aromatic N) is 1. The monoisotopic (exact) mass is 438 g/mol. The number of imide groups is 1. The highest BCUT2D eigenvalue weighted by Crippen LogP contribution is 2.21. The molecule has 3 N–H and O–H groups in total. The number of likely N-dealkylation sites (tertiary alicyclic amines) is 1.